The minimum atomic E-state index is -3.02. The molecule has 0 bridgehead atoms. The van der Waals surface area contributed by atoms with Crippen LogP contribution in [0, 0.1) is 6.92 Å². The van der Waals surface area contributed by atoms with E-state index in [0.717, 1.165) is 4.88 Å². The Hall–Kier alpha value is -0.920. The lowest BCUT2D eigenvalue weighted by Crippen LogP contribution is -2.41. The van der Waals surface area contributed by atoms with E-state index in [4.69, 9.17) is 5.11 Å². The lowest BCUT2D eigenvalue weighted by Gasteiger charge is -2.31. The molecule has 1 aromatic rings. The first-order chi connectivity index (χ1) is 9.28. The summed E-state index contributed by atoms with van der Waals surface area (Å²) >= 11 is 1.63. The lowest BCUT2D eigenvalue weighted by molar-refractivity contribution is -0.139. The molecule has 1 aliphatic rings. The van der Waals surface area contributed by atoms with E-state index in [1.165, 1.54) is 4.88 Å². The van der Waals surface area contributed by atoms with Crippen LogP contribution in [0.3, 0.4) is 0 Å². The number of hydrogen-bond acceptors (Lipinski definition) is 5. The quantitative estimate of drug-likeness (QED) is 0.894. The number of carboxylic acid groups (broad SMARTS) is 1. The number of hydrogen-bond donors (Lipinski definition) is 1. The first-order valence-corrected chi connectivity index (χ1v) is 9.16. The number of aryl methyl sites for hydroxylation is 1. The molecule has 0 saturated carbocycles. The van der Waals surface area contributed by atoms with Gasteiger partial charge in [0.2, 0.25) is 0 Å². The highest BCUT2D eigenvalue weighted by Crippen LogP contribution is 2.31. The molecule has 2 heterocycles. The van der Waals surface area contributed by atoms with Crippen molar-refractivity contribution in [3.63, 3.8) is 0 Å². The molecule has 2 rings (SSSR count). The smallest absolute Gasteiger partial charge is 0.317 e. The second-order valence-electron chi connectivity index (χ2n) is 5.25. The van der Waals surface area contributed by atoms with E-state index in [9.17, 15) is 13.2 Å². The van der Waals surface area contributed by atoms with Gasteiger partial charge in [-0.1, -0.05) is 0 Å². The Bertz CT molecular complexity index is 593. The molecule has 20 heavy (non-hydrogen) atoms. The van der Waals surface area contributed by atoms with Crippen molar-refractivity contribution in [3.8, 4) is 0 Å². The maximum atomic E-state index is 11.6. The average molecular weight is 317 g/mol. The SMILES string of the molecule is Cc1ccc(C(C)N(CC(=O)O)C2CCS(=O)(=O)C2)s1. The Labute approximate surface area is 123 Å². The van der Waals surface area contributed by atoms with Crippen LogP contribution >= 0.6 is 11.3 Å². The first-order valence-electron chi connectivity index (χ1n) is 6.53. The molecule has 1 aromatic heterocycles. The third-order valence-electron chi connectivity index (χ3n) is 3.67. The maximum Gasteiger partial charge on any atom is 0.317 e. The van der Waals surface area contributed by atoms with Gasteiger partial charge in [0.15, 0.2) is 9.84 Å². The Morgan fingerprint density at radius 3 is 2.70 bits per heavy atom. The standard InChI is InChI=1S/C13H19NO4S2/c1-9-3-4-12(19-9)10(2)14(7-13(15)16)11-5-6-20(17,18)8-11/h3-4,10-11H,5-8H2,1-2H3,(H,15,16). The van der Waals surface area contributed by atoms with Crippen LogP contribution in [0.4, 0.5) is 0 Å². The highest BCUT2D eigenvalue weighted by molar-refractivity contribution is 7.91. The van der Waals surface area contributed by atoms with Crippen molar-refractivity contribution in [1.29, 1.82) is 0 Å². The molecule has 1 N–H and O–H groups in total. The fourth-order valence-corrected chi connectivity index (χ4v) is 5.31. The van der Waals surface area contributed by atoms with Gasteiger partial charge in [-0.3, -0.25) is 9.69 Å². The summed E-state index contributed by atoms with van der Waals surface area (Å²) in [5.74, 6) is -0.701. The van der Waals surface area contributed by atoms with Crippen molar-refractivity contribution in [3.05, 3.63) is 21.9 Å². The van der Waals surface area contributed by atoms with Crippen LogP contribution in [0.5, 0.6) is 0 Å². The van der Waals surface area contributed by atoms with Gasteiger partial charge in [-0.2, -0.15) is 0 Å². The molecule has 1 saturated heterocycles. The zero-order valence-corrected chi connectivity index (χ0v) is 13.2. The molecule has 7 heteroatoms. The van der Waals surface area contributed by atoms with Crippen LogP contribution in [-0.4, -0.2) is 48.5 Å². The number of sulfone groups is 1. The van der Waals surface area contributed by atoms with Crippen LogP contribution in [0.1, 0.15) is 29.1 Å². The summed E-state index contributed by atoms with van der Waals surface area (Å²) < 4.78 is 23.2. The Kier molecular flexibility index (Phi) is 4.51. The van der Waals surface area contributed by atoms with Crippen molar-refractivity contribution >= 4 is 27.1 Å². The van der Waals surface area contributed by atoms with Crippen molar-refractivity contribution in [2.45, 2.75) is 32.4 Å². The molecule has 0 amide bonds. The molecular weight excluding hydrogens is 298 g/mol. The highest BCUT2D eigenvalue weighted by atomic mass is 32.2. The third-order valence-corrected chi connectivity index (χ3v) is 6.59. The van der Waals surface area contributed by atoms with Crippen LogP contribution in [-0.2, 0) is 14.6 Å². The van der Waals surface area contributed by atoms with Gasteiger partial charge in [-0.05, 0) is 32.4 Å². The molecule has 1 aliphatic heterocycles. The predicted octanol–water partition coefficient (Wildman–Crippen LogP) is 1.69. The minimum Gasteiger partial charge on any atom is -0.480 e. The van der Waals surface area contributed by atoms with Crippen molar-refractivity contribution in [1.82, 2.24) is 4.90 Å². The molecule has 112 valence electrons. The zero-order valence-electron chi connectivity index (χ0n) is 11.6. The highest BCUT2D eigenvalue weighted by Gasteiger charge is 2.35. The molecule has 2 atom stereocenters. The second-order valence-corrected chi connectivity index (χ2v) is 8.80. The molecule has 0 spiro atoms. The van der Waals surface area contributed by atoms with Gasteiger partial charge in [0, 0.05) is 21.8 Å². The van der Waals surface area contributed by atoms with Gasteiger partial charge in [0.25, 0.3) is 0 Å². The van der Waals surface area contributed by atoms with Gasteiger partial charge < -0.3 is 5.11 Å². The Morgan fingerprint density at radius 2 is 2.25 bits per heavy atom. The molecule has 0 aliphatic carbocycles. The average Bonchev–Trinajstić information content (AvgIpc) is 2.91. The van der Waals surface area contributed by atoms with Gasteiger partial charge in [0.1, 0.15) is 0 Å². The summed E-state index contributed by atoms with van der Waals surface area (Å²) in [6, 6.07) is 3.71. The first kappa shape index (κ1) is 15.5. The minimum absolute atomic E-state index is 0.0645. The third kappa shape index (κ3) is 3.59. The van der Waals surface area contributed by atoms with Crippen LogP contribution in [0.15, 0.2) is 12.1 Å². The number of rotatable bonds is 5. The number of carbonyl (C=O) groups is 1. The summed E-state index contributed by atoms with van der Waals surface area (Å²) in [4.78, 5) is 15.1. The van der Waals surface area contributed by atoms with Gasteiger partial charge in [-0.15, -0.1) is 11.3 Å². The van der Waals surface area contributed by atoms with E-state index in [-0.39, 0.29) is 30.1 Å². The molecule has 0 radical (unpaired) electrons. The number of nitrogens with zero attached hydrogens (tertiary/aromatic N) is 1. The van der Waals surface area contributed by atoms with Gasteiger partial charge in [0.05, 0.1) is 18.1 Å². The molecule has 5 nitrogen and oxygen atoms in total. The van der Waals surface area contributed by atoms with E-state index in [1.54, 1.807) is 16.2 Å². The fraction of sp³-hybridized carbons (Fsp3) is 0.615. The van der Waals surface area contributed by atoms with Crippen LogP contribution in [0.2, 0.25) is 0 Å². The fourth-order valence-electron chi connectivity index (χ4n) is 2.62. The molecule has 2 unspecified atom stereocenters. The summed E-state index contributed by atoms with van der Waals surface area (Å²) in [5.41, 5.74) is 0. The van der Waals surface area contributed by atoms with Crippen molar-refractivity contribution in [2.24, 2.45) is 0 Å². The molecule has 1 fully saturated rings. The van der Waals surface area contributed by atoms with Gasteiger partial charge >= 0.3 is 5.97 Å². The normalized spacial score (nSPS) is 23.1. The summed E-state index contributed by atoms with van der Waals surface area (Å²) in [5, 5.41) is 9.09. The van der Waals surface area contributed by atoms with E-state index < -0.39 is 15.8 Å². The number of thiophene rings is 1. The summed E-state index contributed by atoms with van der Waals surface area (Å²) in [7, 11) is -3.02. The lowest BCUT2D eigenvalue weighted by atomic mass is 10.1. The Morgan fingerprint density at radius 1 is 1.55 bits per heavy atom. The van der Waals surface area contributed by atoms with E-state index in [1.807, 2.05) is 26.0 Å². The van der Waals surface area contributed by atoms with Crippen LogP contribution < -0.4 is 0 Å². The Balaban J connectivity index is 2.21. The van der Waals surface area contributed by atoms with Crippen molar-refractivity contribution < 1.29 is 18.3 Å². The number of carboxylic acids is 1. The zero-order chi connectivity index (χ0) is 14.9. The maximum absolute atomic E-state index is 11.6. The van der Waals surface area contributed by atoms with Crippen molar-refractivity contribution in [2.75, 3.05) is 18.1 Å². The predicted molar refractivity (Wildman–Crippen MR) is 78.9 cm³/mol. The van der Waals surface area contributed by atoms with Crippen LogP contribution in [0.25, 0.3) is 0 Å². The topological polar surface area (TPSA) is 74.7 Å². The largest absolute Gasteiger partial charge is 0.480 e. The van der Waals surface area contributed by atoms with Gasteiger partial charge in [-0.25, -0.2) is 8.42 Å². The summed E-state index contributed by atoms with van der Waals surface area (Å²) in [6.07, 6.45) is 0.518. The molecular formula is C13H19NO4S2. The van der Waals surface area contributed by atoms with E-state index in [0.29, 0.717) is 6.42 Å². The van der Waals surface area contributed by atoms with E-state index >= 15 is 0 Å². The summed E-state index contributed by atoms with van der Waals surface area (Å²) in [6.45, 7) is 3.82. The van der Waals surface area contributed by atoms with E-state index in [2.05, 4.69) is 0 Å². The second kappa shape index (κ2) is 5.83. The number of aliphatic carboxylic acids is 1. The monoisotopic (exact) mass is 317 g/mol. The molecule has 0 aromatic carbocycles.